The van der Waals surface area contributed by atoms with E-state index in [-0.39, 0.29) is 0 Å². The number of anilines is 1. The number of benzene rings is 2. The first-order valence-electron chi connectivity index (χ1n) is 5.91. The summed E-state index contributed by atoms with van der Waals surface area (Å²) in [6.07, 6.45) is 0. The number of methoxy groups -OCH3 is 1. The van der Waals surface area contributed by atoms with Crippen LogP contribution in [0.1, 0.15) is 11.1 Å². The van der Waals surface area contributed by atoms with Gasteiger partial charge in [-0.1, -0.05) is 28.1 Å². The molecule has 2 aromatic rings. The number of hydrogen-bond donors (Lipinski definition) is 1. The Kier molecular flexibility index (Phi) is 4.32. The predicted molar refractivity (Wildman–Crippen MR) is 80.6 cm³/mol. The van der Waals surface area contributed by atoms with Gasteiger partial charge in [-0.25, -0.2) is 0 Å². The summed E-state index contributed by atoms with van der Waals surface area (Å²) in [6.45, 7) is 2.50. The molecule has 0 spiro atoms. The highest BCUT2D eigenvalue weighted by Crippen LogP contribution is 2.25. The fraction of sp³-hybridized carbons (Fsp3) is 0.200. The molecule has 0 aliphatic heterocycles. The average Bonchev–Trinajstić information content (AvgIpc) is 2.40. The van der Waals surface area contributed by atoms with Gasteiger partial charge < -0.3 is 15.2 Å². The summed E-state index contributed by atoms with van der Waals surface area (Å²) in [6, 6.07) is 11.6. The number of aryl methyl sites for hydroxylation is 1. The second-order valence-corrected chi connectivity index (χ2v) is 5.19. The predicted octanol–water partition coefficient (Wildman–Crippen LogP) is 3.93. The molecular formula is C15H16BrNO2. The largest absolute Gasteiger partial charge is 0.495 e. The summed E-state index contributed by atoms with van der Waals surface area (Å²) >= 11 is 3.44. The van der Waals surface area contributed by atoms with Crippen molar-refractivity contribution < 1.29 is 9.47 Å². The zero-order valence-electron chi connectivity index (χ0n) is 10.9. The van der Waals surface area contributed by atoms with Crippen molar-refractivity contribution in [1.82, 2.24) is 0 Å². The third-order valence-electron chi connectivity index (χ3n) is 2.84. The van der Waals surface area contributed by atoms with E-state index in [9.17, 15) is 0 Å². The molecule has 0 saturated heterocycles. The van der Waals surface area contributed by atoms with Crippen LogP contribution in [0, 0.1) is 6.92 Å². The first-order valence-corrected chi connectivity index (χ1v) is 6.71. The van der Waals surface area contributed by atoms with Crippen LogP contribution in [-0.2, 0) is 6.61 Å². The Morgan fingerprint density at radius 3 is 2.58 bits per heavy atom. The first kappa shape index (κ1) is 13.7. The molecule has 0 saturated carbocycles. The number of nitrogens with two attached hydrogens (primary N) is 1. The van der Waals surface area contributed by atoms with E-state index in [2.05, 4.69) is 15.9 Å². The maximum absolute atomic E-state index is 5.87. The van der Waals surface area contributed by atoms with Gasteiger partial charge in [-0.05, 0) is 42.3 Å². The molecule has 0 aliphatic rings. The van der Waals surface area contributed by atoms with Crippen molar-refractivity contribution in [1.29, 1.82) is 0 Å². The highest BCUT2D eigenvalue weighted by atomic mass is 79.9. The van der Waals surface area contributed by atoms with E-state index in [0.29, 0.717) is 18.0 Å². The van der Waals surface area contributed by atoms with Gasteiger partial charge in [0.15, 0.2) is 0 Å². The molecule has 0 fully saturated rings. The van der Waals surface area contributed by atoms with Gasteiger partial charge in [-0.15, -0.1) is 0 Å². The van der Waals surface area contributed by atoms with Gasteiger partial charge in [-0.3, -0.25) is 0 Å². The van der Waals surface area contributed by atoms with Crippen molar-refractivity contribution in [3.63, 3.8) is 0 Å². The van der Waals surface area contributed by atoms with Crippen LogP contribution in [-0.4, -0.2) is 7.11 Å². The molecule has 0 unspecified atom stereocenters. The molecule has 2 rings (SSSR count). The lowest BCUT2D eigenvalue weighted by molar-refractivity contribution is 0.304. The van der Waals surface area contributed by atoms with Crippen molar-refractivity contribution in [3.8, 4) is 11.5 Å². The molecule has 4 heteroatoms. The van der Waals surface area contributed by atoms with Gasteiger partial charge in [0.05, 0.1) is 12.8 Å². The van der Waals surface area contributed by atoms with Crippen LogP contribution in [0.25, 0.3) is 0 Å². The topological polar surface area (TPSA) is 44.5 Å². The second kappa shape index (κ2) is 5.97. The summed E-state index contributed by atoms with van der Waals surface area (Å²) in [4.78, 5) is 0. The lowest BCUT2D eigenvalue weighted by Gasteiger charge is -2.11. The minimum atomic E-state index is 0.478. The minimum Gasteiger partial charge on any atom is -0.495 e. The van der Waals surface area contributed by atoms with E-state index in [0.717, 1.165) is 21.3 Å². The quantitative estimate of drug-likeness (QED) is 0.868. The Morgan fingerprint density at radius 2 is 1.89 bits per heavy atom. The number of hydrogen-bond acceptors (Lipinski definition) is 3. The van der Waals surface area contributed by atoms with Crippen molar-refractivity contribution >= 4 is 21.6 Å². The van der Waals surface area contributed by atoms with Crippen LogP contribution < -0.4 is 15.2 Å². The standard InChI is InChI=1S/C15H16BrNO2/c1-10-3-5-12(16)8-15(10)19-9-11-4-6-14(18-2)13(17)7-11/h3-8H,9,17H2,1-2H3. The summed E-state index contributed by atoms with van der Waals surface area (Å²) in [7, 11) is 1.60. The number of ether oxygens (including phenoxy) is 2. The Hall–Kier alpha value is -1.68. The molecule has 0 radical (unpaired) electrons. The van der Waals surface area contributed by atoms with Crippen molar-refractivity contribution in [2.24, 2.45) is 0 Å². The average molecular weight is 322 g/mol. The fourth-order valence-electron chi connectivity index (χ4n) is 1.76. The van der Waals surface area contributed by atoms with Crippen molar-refractivity contribution in [3.05, 3.63) is 52.0 Å². The summed E-state index contributed by atoms with van der Waals surface area (Å²) in [5, 5.41) is 0. The van der Waals surface area contributed by atoms with E-state index < -0.39 is 0 Å². The molecule has 0 aliphatic carbocycles. The molecule has 2 aromatic carbocycles. The zero-order chi connectivity index (χ0) is 13.8. The highest BCUT2D eigenvalue weighted by Gasteiger charge is 2.04. The molecule has 0 atom stereocenters. The van der Waals surface area contributed by atoms with E-state index in [1.807, 2.05) is 43.3 Å². The van der Waals surface area contributed by atoms with Crippen molar-refractivity contribution in [2.75, 3.05) is 12.8 Å². The molecule has 19 heavy (non-hydrogen) atoms. The Labute approximate surface area is 121 Å². The number of halogens is 1. The first-order chi connectivity index (χ1) is 9.10. The van der Waals surface area contributed by atoms with Gasteiger partial charge in [-0.2, -0.15) is 0 Å². The Morgan fingerprint density at radius 1 is 1.11 bits per heavy atom. The minimum absolute atomic E-state index is 0.478. The van der Waals surface area contributed by atoms with Crippen LogP contribution >= 0.6 is 15.9 Å². The van der Waals surface area contributed by atoms with Gasteiger partial charge in [0.1, 0.15) is 18.1 Å². The Balaban J connectivity index is 2.10. The molecule has 0 amide bonds. The van der Waals surface area contributed by atoms with E-state index in [4.69, 9.17) is 15.2 Å². The molecule has 3 nitrogen and oxygen atoms in total. The third-order valence-corrected chi connectivity index (χ3v) is 3.33. The van der Waals surface area contributed by atoms with Crippen LogP contribution in [0.3, 0.4) is 0 Å². The molecule has 2 N–H and O–H groups in total. The van der Waals surface area contributed by atoms with E-state index in [1.54, 1.807) is 7.11 Å². The maximum Gasteiger partial charge on any atom is 0.141 e. The summed E-state index contributed by atoms with van der Waals surface area (Å²) in [5.41, 5.74) is 8.60. The summed E-state index contributed by atoms with van der Waals surface area (Å²) in [5.74, 6) is 1.55. The second-order valence-electron chi connectivity index (χ2n) is 4.27. The van der Waals surface area contributed by atoms with E-state index >= 15 is 0 Å². The van der Waals surface area contributed by atoms with Crippen LogP contribution in [0.5, 0.6) is 11.5 Å². The monoisotopic (exact) mass is 321 g/mol. The zero-order valence-corrected chi connectivity index (χ0v) is 12.5. The Bertz CT molecular complexity index is 584. The number of nitrogen functional groups attached to an aromatic ring is 1. The SMILES string of the molecule is COc1ccc(COc2cc(Br)ccc2C)cc1N. The van der Waals surface area contributed by atoms with Gasteiger partial charge in [0, 0.05) is 4.47 Å². The van der Waals surface area contributed by atoms with Crippen LogP contribution in [0.15, 0.2) is 40.9 Å². The van der Waals surface area contributed by atoms with Gasteiger partial charge in [0.2, 0.25) is 0 Å². The lowest BCUT2D eigenvalue weighted by Crippen LogP contribution is -1.99. The molecule has 100 valence electrons. The lowest BCUT2D eigenvalue weighted by atomic mass is 10.2. The molecule has 0 aromatic heterocycles. The maximum atomic E-state index is 5.87. The third kappa shape index (κ3) is 3.41. The van der Waals surface area contributed by atoms with Gasteiger partial charge >= 0.3 is 0 Å². The fourth-order valence-corrected chi connectivity index (χ4v) is 2.10. The van der Waals surface area contributed by atoms with Gasteiger partial charge in [0.25, 0.3) is 0 Å². The smallest absolute Gasteiger partial charge is 0.141 e. The highest BCUT2D eigenvalue weighted by molar-refractivity contribution is 9.10. The normalized spacial score (nSPS) is 10.3. The molecule has 0 bridgehead atoms. The van der Waals surface area contributed by atoms with E-state index in [1.165, 1.54) is 0 Å². The van der Waals surface area contributed by atoms with Crippen LogP contribution in [0.2, 0.25) is 0 Å². The van der Waals surface area contributed by atoms with Crippen LogP contribution in [0.4, 0.5) is 5.69 Å². The van der Waals surface area contributed by atoms with Crippen molar-refractivity contribution in [2.45, 2.75) is 13.5 Å². The molecular weight excluding hydrogens is 306 g/mol. The number of rotatable bonds is 4. The summed E-state index contributed by atoms with van der Waals surface area (Å²) < 4.78 is 11.9. The molecule has 0 heterocycles.